The van der Waals surface area contributed by atoms with Crippen molar-refractivity contribution in [3.05, 3.63) is 0 Å². The lowest BCUT2D eigenvalue weighted by molar-refractivity contribution is -0.503. The maximum atomic E-state index is 13.3. The quantitative estimate of drug-likeness (QED) is 0.160. The highest BCUT2D eigenvalue weighted by molar-refractivity contribution is 7.86. The Kier molecular flexibility index (Phi) is 8.09. The van der Waals surface area contributed by atoms with Gasteiger partial charge in [0.2, 0.25) is 0 Å². The summed E-state index contributed by atoms with van der Waals surface area (Å²) in [6.07, 6.45) is -16.4. The summed E-state index contributed by atoms with van der Waals surface area (Å²) in [5.74, 6) is -52.9. The van der Waals surface area contributed by atoms with Crippen LogP contribution in [0.4, 0.5) is 87.8 Å². The van der Waals surface area contributed by atoms with Crippen LogP contribution in [0.5, 0.6) is 0 Å². The van der Waals surface area contributed by atoms with Crippen LogP contribution in [0.15, 0.2) is 0 Å². The summed E-state index contributed by atoms with van der Waals surface area (Å²) in [4.78, 5) is 0. The molecule has 0 saturated heterocycles. The first-order valence-corrected chi connectivity index (χ1v) is 8.87. The molecule has 0 rings (SSSR count). The monoisotopic (exact) mass is 631 g/mol. The van der Waals surface area contributed by atoms with Gasteiger partial charge in [0.15, 0.2) is 10.1 Å². The predicted octanol–water partition coefficient (Wildman–Crippen LogP) is 5.97. The first-order chi connectivity index (χ1) is 15.0. The average Bonchev–Trinajstić information content (AvgIpc) is 2.57. The molecule has 26 heteroatoms. The third-order valence-corrected chi connectivity index (χ3v) is 4.71. The highest BCUT2D eigenvalue weighted by Crippen LogP contribution is 2.64. The van der Waals surface area contributed by atoms with Crippen molar-refractivity contribution in [2.45, 2.75) is 58.4 Å². The van der Waals surface area contributed by atoms with Gasteiger partial charge in [-0.1, -0.05) is 0 Å². The van der Waals surface area contributed by atoms with Crippen LogP contribution in [-0.4, -0.2) is 71.4 Å². The molecule has 36 heavy (non-hydrogen) atoms. The molecule has 0 fully saturated rings. The first kappa shape index (κ1) is 34.8. The predicted molar refractivity (Wildman–Crippen MR) is 66.1 cm³/mol. The Labute approximate surface area is 186 Å². The summed E-state index contributed by atoms with van der Waals surface area (Å²) >= 11 is 3.25. The van der Waals surface area contributed by atoms with Crippen LogP contribution in [0.25, 0.3) is 0 Å². The minimum atomic E-state index is -9.13. The summed E-state index contributed by atoms with van der Waals surface area (Å²) in [7, 11) is -7.97. The third-order valence-electron chi connectivity index (χ3n) is 3.60. The molecule has 0 aromatic rings. The fourth-order valence-electron chi connectivity index (χ4n) is 1.58. The van der Waals surface area contributed by atoms with Gasteiger partial charge in [0, 0.05) is 0 Å². The molecule has 0 bridgehead atoms. The fraction of sp³-hybridized carbons (Fsp3) is 1.00. The van der Waals surface area contributed by atoms with E-state index in [9.17, 15) is 101 Å². The molecule has 218 valence electrons. The molecule has 0 aromatic carbocycles. The van der Waals surface area contributed by atoms with Gasteiger partial charge in [-0.25, -0.2) is 13.2 Å². The lowest BCUT2D eigenvalue weighted by Crippen LogP contribution is -2.75. The Hall–Kier alpha value is -1.24. The number of hydrogen-bond acceptors (Lipinski definition) is 4. The van der Waals surface area contributed by atoms with Gasteiger partial charge in [-0.2, -0.15) is 87.8 Å². The SMILES string of the molecule is O=S(=O)([O-])C(F)(F)C(F)(F)OC(F)(F)C(F)(F)C(F)(F)C(F)(F)C(F)(F)C(F)(F)C(F)(F)C(F)(F)Cl. The van der Waals surface area contributed by atoms with E-state index >= 15 is 0 Å². The molecule has 0 unspecified atom stereocenters. The Morgan fingerprint density at radius 3 is 0.972 bits per heavy atom. The summed E-state index contributed by atoms with van der Waals surface area (Å²) in [5.41, 5.74) is 0. The molecule has 0 atom stereocenters. The second-order valence-electron chi connectivity index (χ2n) is 6.05. The Balaban J connectivity index is 6.91. The van der Waals surface area contributed by atoms with Crippen molar-refractivity contribution < 1.29 is 106 Å². The van der Waals surface area contributed by atoms with Crippen molar-refractivity contribution in [1.29, 1.82) is 0 Å². The number of halogens is 21. The maximum absolute atomic E-state index is 13.3. The first-order valence-electron chi connectivity index (χ1n) is 7.08. The van der Waals surface area contributed by atoms with E-state index in [0.29, 0.717) is 0 Å². The molecule has 0 radical (unpaired) electrons. The summed E-state index contributed by atoms with van der Waals surface area (Å²) in [5, 5.41) is -14.7. The van der Waals surface area contributed by atoms with E-state index in [1.807, 2.05) is 0 Å². The summed E-state index contributed by atoms with van der Waals surface area (Å²) < 4.78 is 291. The molecule has 4 nitrogen and oxygen atoms in total. The van der Waals surface area contributed by atoms with Crippen LogP contribution in [-0.2, 0) is 14.9 Å². The van der Waals surface area contributed by atoms with Crippen molar-refractivity contribution in [1.82, 2.24) is 0 Å². The number of hydrogen-bond donors (Lipinski definition) is 0. The molecule has 0 saturated carbocycles. The van der Waals surface area contributed by atoms with Crippen LogP contribution in [0.1, 0.15) is 0 Å². The van der Waals surface area contributed by atoms with Gasteiger partial charge in [0.1, 0.15) is 0 Å². The van der Waals surface area contributed by atoms with Gasteiger partial charge in [0.25, 0.3) is 0 Å². The van der Waals surface area contributed by atoms with E-state index < -0.39 is 68.5 Å². The lowest BCUT2D eigenvalue weighted by Gasteiger charge is -2.43. The summed E-state index contributed by atoms with van der Waals surface area (Å²) in [6.45, 7) is 0. The van der Waals surface area contributed by atoms with E-state index in [4.69, 9.17) is 0 Å². The summed E-state index contributed by atoms with van der Waals surface area (Å²) in [6, 6.07) is 0. The van der Waals surface area contributed by atoms with Crippen molar-refractivity contribution in [3.8, 4) is 0 Å². The molecule has 0 aliphatic heterocycles. The molecule has 0 spiro atoms. The smallest absolute Gasteiger partial charge is 0.438 e. The van der Waals surface area contributed by atoms with E-state index in [0.717, 1.165) is 4.74 Å². The van der Waals surface area contributed by atoms with Crippen LogP contribution < -0.4 is 0 Å². The minimum Gasteiger partial charge on any atom is -0.743 e. The molecule has 0 heterocycles. The van der Waals surface area contributed by atoms with Gasteiger partial charge in [-0.3, -0.25) is 0 Å². The Bertz CT molecular complexity index is 937. The third kappa shape index (κ3) is 4.49. The second-order valence-corrected chi connectivity index (χ2v) is 7.95. The van der Waals surface area contributed by atoms with E-state index in [1.165, 1.54) is 0 Å². The fourth-order valence-corrected chi connectivity index (χ4v) is 2.03. The molecule has 0 aliphatic rings. The topological polar surface area (TPSA) is 66.4 Å². The van der Waals surface area contributed by atoms with Gasteiger partial charge >= 0.3 is 58.4 Å². The van der Waals surface area contributed by atoms with E-state index in [2.05, 4.69) is 11.6 Å². The average molecular weight is 632 g/mol. The second kappa shape index (κ2) is 8.38. The number of ether oxygens (including phenoxy) is 1. The van der Waals surface area contributed by atoms with Gasteiger partial charge < -0.3 is 4.55 Å². The van der Waals surface area contributed by atoms with E-state index in [-0.39, 0.29) is 0 Å². The largest absolute Gasteiger partial charge is 0.743 e. The molecule has 0 amide bonds. The minimum absolute atomic E-state index is 1.00. The maximum Gasteiger partial charge on any atom is 0.438 e. The van der Waals surface area contributed by atoms with Crippen molar-refractivity contribution in [2.75, 3.05) is 0 Å². The molecular formula is C10ClF20O4S-. The lowest BCUT2D eigenvalue weighted by atomic mass is 9.91. The zero-order valence-corrected chi connectivity index (χ0v) is 16.6. The number of alkyl halides is 21. The van der Waals surface area contributed by atoms with Crippen LogP contribution in [0.3, 0.4) is 0 Å². The Morgan fingerprint density at radius 1 is 0.472 bits per heavy atom. The van der Waals surface area contributed by atoms with E-state index in [1.54, 1.807) is 0 Å². The molecule has 0 aliphatic carbocycles. The van der Waals surface area contributed by atoms with Crippen LogP contribution in [0.2, 0.25) is 0 Å². The van der Waals surface area contributed by atoms with Crippen LogP contribution >= 0.6 is 11.6 Å². The van der Waals surface area contributed by atoms with Crippen molar-refractivity contribution in [2.24, 2.45) is 0 Å². The normalized spacial score (nSPS) is 16.9. The zero-order valence-electron chi connectivity index (χ0n) is 15.0. The Morgan fingerprint density at radius 2 is 0.722 bits per heavy atom. The highest BCUT2D eigenvalue weighted by Gasteiger charge is 2.95. The van der Waals surface area contributed by atoms with Crippen molar-refractivity contribution in [3.63, 3.8) is 0 Å². The molecule has 0 N–H and O–H groups in total. The van der Waals surface area contributed by atoms with Gasteiger partial charge in [-0.15, -0.1) is 0 Å². The van der Waals surface area contributed by atoms with Gasteiger partial charge in [0.05, 0.1) is 0 Å². The molecule has 0 aromatic heterocycles. The zero-order chi connectivity index (χ0) is 30.2. The van der Waals surface area contributed by atoms with Crippen LogP contribution in [0, 0.1) is 0 Å². The molecular weight excluding hydrogens is 632 g/mol. The highest BCUT2D eigenvalue weighted by atomic mass is 35.5. The van der Waals surface area contributed by atoms with Crippen molar-refractivity contribution >= 4 is 21.7 Å². The number of rotatable bonds is 11. The standard InChI is InChI=1S/C10HClF20O4S/c11-7(24,25)5(20,21)3(16,17)1(12,13)2(14,15)4(18,19)6(22,23)8(26,27)35-9(28,29)10(30,31)36(32,33)34/h(H,32,33,34)/p-1. The van der Waals surface area contributed by atoms with Gasteiger partial charge in [-0.05, 0) is 11.6 Å².